The number of amides is 1. The SMILES string of the molecule is CC(C)CN1[C@@H]2CCN(C(=O)c3ccc[nH]3)CC[C@H]2Oc2ccccc2S1(=O)=O. The molecule has 1 aromatic heterocycles. The van der Waals surface area contributed by atoms with Crippen molar-refractivity contribution in [3.05, 3.63) is 48.3 Å². The number of carbonyl (C=O) groups excluding carboxylic acids is 1. The molecule has 4 rings (SSSR count). The lowest BCUT2D eigenvalue weighted by Crippen LogP contribution is -2.48. The summed E-state index contributed by atoms with van der Waals surface area (Å²) in [5, 5.41) is 0. The summed E-state index contributed by atoms with van der Waals surface area (Å²) in [6.45, 7) is 5.46. The summed E-state index contributed by atoms with van der Waals surface area (Å²) in [4.78, 5) is 17.8. The summed E-state index contributed by atoms with van der Waals surface area (Å²) in [7, 11) is -3.68. The van der Waals surface area contributed by atoms with Crippen molar-refractivity contribution in [2.24, 2.45) is 5.92 Å². The fraction of sp³-hybridized carbons (Fsp3) is 0.476. The first-order chi connectivity index (χ1) is 13.9. The average molecular weight is 418 g/mol. The molecule has 8 heteroatoms. The van der Waals surface area contributed by atoms with E-state index in [9.17, 15) is 13.2 Å². The Morgan fingerprint density at radius 1 is 1.17 bits per heavy atom. The van der Waals surface area contributed by atoms with Crippen molar-refractivity contribution in [1.29, 1.82) is 0 Å². The third-order valence-corrected chi connectivity index (χ3v) is 7.48. The third-order valence-electron chi connectivity index (χ3n) is 5.55. The molecule has 1 saturated heterocycles. The van der Waals surface area contributed by atoms with Gasteiger partial charge in [0.2, 0.25) is 10.0 Å². The van der Waals surface area contributed by atoms with Crippen LogP contribution in [0, 0.1) is 5.92 Å². The molecule has 2 aliphatic rings. The molecule has 0 saturated carbocycles. The van der Waals surface area contributed by atoms with Gasteiger partial charge >= 0.3 is 0 Å². The van der Waals surface area contributed by atoms with Crippen LogP contribution in [-0.4, -0.2) is 60.3 Å². The van der Waals surface area contributed by atoms with Crippen molar-refractivity contribution in [2.45, 2.75) is 43.7 Å². The summed E-state index contributed by atoms with van der Waals surface area (Å²) in [5.74, 6) is 0.513. The summed E-state index contributed by atoms with van der Waals surface area (Å²) >= 11 is 0. The third kappa shape index (κ3) is 3.79. The minimum absolute atomic E-state index is 0.0647. The molecule has 2 atom stereocenters. The van der Waals surface area contributed by atoms with E-state index in [1.807, 2.05) is 13.8 Å². The number of benzene rings is 1. The Morgan fingerprint density at radius 3 is 2.66 bits per heavy atom. The number of fused-ring (bicyclic) bond motifs is 2. The van der Waals surface area contributed by atoms with Crippen molar-refractivity contribution < 1.29 is 17.9 Å². The number of hydrogen-bond donors (Lipinski definition) is 1. The molecule has 2 aliphatic heterocycles. The van der Waals surface area contributed by atoms with Crippen molar-refractivity contribution in [1.82, 2.24) is 14.2 Å². The molecule has 0 unspecified atom stereocenters. The number of ether oxygens (including phenoxy) is 1. The molecule has 1 N–H and O–H groups in total. The van der Waals surface area contributed by atoms with Crippen molar-refractivity contribution in [3.63, 3.8) is 0 Å². The largest absolute Gasteiger partial charge is 0.487 e. The Morgan fingerprint density at radius 2 is 1.93 bits per heavy atom. The smallest absolute Gasteiger partial charge is 0.270 e. The minimum atomic E-state index is -3.68. The molecular formula is C21H27N3O4S. The van der Waals surface area contributed by atoms with Gasteiger partial charge in [-0.2, -0.15) is 4.31 Å². The van der Waals surface area contributed by atoms with Gasteiger partial charge in [-0.25, -0.2) is 8.42 Å². The zero-order valence-corrected chi connectivity index (χ0v) is 17.6. The number of nitrogens with zero attached hydrogens (tertiary/aromatic N) is 2. The Hall–Kier alpha value is -2.32. The first-order valence-electron chi connectivity index (χ1n) is 10.1. The lowest BCUT2D eigenvalue weighted by molar-refractivity contribution is 0.0750. The first kappa shape index (κ1) is 20.0. The van der Waals surface area contributed by atoms with Crippen molar-refractivity contribution in [2.75, 3.05) is 19.6 Å². The number of aromatic nitrogens is 1. The van der Waals surface area contributed by atoms with Gasteiger partial charge in [0.05, 0.1) is 6.04 Å². The standard InChI is InChI=1S/C21H27N3O4S/c1-15(2)14-24-17-9-12-23(21(25)16-6-5-11-22-16)13-10-18(17)28-19-7-3-4-8-20(19)29(24,26)27/h3-8,11,15,17-18,22H,9-10,12-14H2,1-2H3/t17-,18-/m1/s1. The normalized spacial score (nSPS) is 24.2. The fourth-order valence-corrected chi connectivity index (χ4v) is 6.15. The second-order valence-corrected chi connectivity index (χ2v) is 9.95. The van der Waals surface area contributed by atoms with Crippen LogP contribution in [0.15, 0.2) is 47.5 Å². The van der Waals surface area contributed by atoms with E-state index in [0.717, 1.165) is 0 Å². The van der Waals surface area contributed by atoms with Crippen LogP contribution in [0.4, 0.5) is 0 Å². The maximum atomic E-state index is 13.5. The van der Waals surface area contributed by atoms with Gasteiger partial charge in [0.15, 0.2) is 0 Å². The summed E-state index contributed by atoms with van der Waals surface area (Å²) in [6.07, 6.45) is 2.55. The number of hydrogen-bond acceptors (Lipinski definition) is 4. The molecule has 29 heavy (non-hydrogen) atoms. The maximum absolute atomic E-state index is 13.5. The average Bonchev–Trinajstić information content (AvgIpc) is 3.12. The van der Waals surface area contributed by atoms with Gasteiger partial charge in [0, 0.05) is 32.3 Å². The molecule has 1 aromatic carbocycles. The molecule has 0 aliphatic carbocycles. The molecule has 0 radical (unpaired) electrons. The predicted octanol–water partition coefficient (Wildman–Crippen LogP) is 2.73. The van der Waals surface area contributed by atoms with E-state index in [1.54, 1.807) is 51.8 Å². The lowest BCUT2D eigenvalue weighted by atomic mass is 10.0. The zero-order valence-electron chi connectivity index (χ0n) is 16.7. The maximum Gasteiger partial charge on any atom is 0.270 e. The highest BCUT2D eigenvalue weighted by Gasteiger charge is 2.43. The van der Waals surface area contributed by atoms with Crippen LogP contribution in [0.1, 0.15) is 37.2 Å². The fourth-order valence-electron chi connectivity index (χ4n) is 4.19. The van der Waals surface area contributed by atoms with Gasteiger partial charge < -0.3 is 14.6 Å². The van der Waals surface area contributed by atoms with E-state index in [1.165, 1.54) is 0 Å². The molecule has 7 nitrogen and oxygen atoms in total. The van der Waals surface area contributed by atoms with Crippen LogP contribution in [0.2, 0.25) is 0 Å². The van der Waals surface area contributed by atoms with E-state index in [2.05, 4.69) is 4.98 Å². The van der Waals surface area contributed by atoms with Gasteiger partial charge in [0.25, 0.3) is 5.91 Å². The predicted molar refractivity (Wildman–Crippen MR) is 109 cm³/mol. The van der Waals surface area contributed by atoms with E-state index in [4.69, 9.17) is 4.74 Å². The topological polar surface area (TPSA) is 82.7 Å². The number of H-pyrrole nitrogens is 1. The Kier molecular flexibility index (Phi) is 5.40. The minimum Gasteiger partial charge on any atom is -0.487 e. The van der Waals surface area contributed by atoms with Crippen LogP contribution < -0.4 is 4.74 Å². The van der Waals surface area contributed by atoms with Crippen LogP contribution in [-0.2, 0) is 10.0 Å². The van der Waals surface area contributed by atoms with E-state index in [0.29, 0.717) is 43.9 Å². The summed E-state index contributed by atoms with van der Waals surface area (Å²) in [6, 6.07) is 10.1. The van der Waals surface area contributed by atoms with Crippen LogP contribution in [0.3, 0.4) is 0 Å². The van der Waals surface area contributed by atoms with Gasteiger partial charge in [0.1, 0.15) is 22.4 Å². The number of nitrogens with one attached hydrogen (secondary N) is 1. The summed E-state index contributed by atoms with van der Waals surface area (Å²) < 4.78 is 34.8. The molecule has 1 fully saturated rings. The number of aromatic amines is 1. The van der Waals surface area contributed by atoms with E-state index >= 15 is 0 Å². The lowest BCUT2D eigenvalue weighted by Gasteiger charge is -2.32. The Labute approximate surface area is 171 Å². The highest BCUT2D eigenvalue weighted by atomic mass is 32.2. The van der Waals surface area contributed by atoms with Gasteiger partial charge in [-0.1, -0.05) is 26.0 Å². The van der Waals surface area contributed by atoms with Crippen LogP contribution in [0.25, 0.3) is 0 Å². The van der Waals surface area contributed by atoms with Gasteiger partial charge in [-0.15, -0.1) is 0 Å². The Bertz CT molecular complexity index is 972. The highest BCUT2D eigenvalue weighted by Crippen LogP contribution is 2.36. The first-order valence-corrected chi connectivity index (χ1v) is 11.5. The van der Waals surface area contributed by atoms with Crippen molar-refractivity contribution >= 4 is 15.9 Å². The summed E-state index contributed by atoms with van der Waals surface area (Å²) in [5.41, 5.74) is 0.546. The van der Waals surface area contributed by atoms with Crippen molar-refractivity contribution in [3.8, 4) is 5.75 Å². The van der Waals surface area contributed by atoms with E-state index < -0.39 is 10.0 Å². The number of rotatable bonds is 3. The van der Waals surface area contributed by atoms with Gasteiger partial charge in [-0.3, -0.25) is 4.79 Å². The Balaban J connectivity index is 1.68. The molecule has 3 heterocycles. The molecule has 0 spiro atoms. The van der Waals surface area contributed by atoms with Crippen LogP contribution in [0.5, 0.6) is 5.75 Å². The van der Waals surface area contributed by atoms with E-state index in [-0.39, 0.29) is 28.9 Å². The quantitative estimate of drug-likeness (QED) is 0.832. The number of likely N-dealkylation sites (tertiary alicyclic amines) is 1. The molecule has 2 aromatic rings. The monoisotopic (exact) mass is 417 g/mol. The second-order valence-electron chi connectivity index (χ2n) is 8.09. The molecule has 0 bridgehead atoms. The number of sulfonamides is 1. The second kappa shape index (κ2) is 7.84. The molecule has 1 amide bonds. The zero-order chi connectivity index (χ0) is 20.6. The van der Waals surface area contributed by atoms with Crippen LogP contribution >= 0.6 is 0 Å². The molecule has 156 valence electrons. The number of carbonyl (C=O) groups is 1. The number of para-hydroxylation sites is 1. The van der Waals surface area contributed by atoms with Gasteiger partial charge in [-0.05, 0) is 36.6 Å². The molecular weight excluding hydrogens is 390 g/mol. The highest BCUT2D eigenvalue weighted by molar-refractivity contribution is 7.89.